The van der Waals surface area contributed by atoms with Gasteiger partial charge in [0.1, 0.15) is 6.04 Å². The summed E-state index contributed by atoms with van der Waals surface area (Å²) in [5.41, 5.74) is 0.409. The zero-order valence-electron chi connectivity index (χ0n) is 13.7. The molecule has 0 aliphatic carbocycles. The molecule has 1 aromatic carbocycles. The van der Waals surface area contributed by atoms with Crippen molar-refractivity contribution >= 4 is 17.5 Å². The Morgan fingerprint density at radius 2 is 2.20 bits per heavy atom. The van der Waals surface area contributed by atoms with Crippen molar-refractivity contribution in [3.63, 3.8) is 0 Å². The van der Waals surface area contributed by atoms with Gasteiger partial charge in [-0.2, -0.15) is 0 Å². The second-order valence-electron chi connectivity index (χ2n) is 5.92. The molecule has 132 valence electrons. The number of likely N-dealkylation sites (tertiary alicyclic amines) is 1. The number of hydrogen-bond donors (Lipinski definition) is 0. The molecule has 0 unspecified atom stereocenters. The summed E-state index contributed by atoms with van der Waals surface area (Å²) in [6.07, 6.45) is 0.480. The lowest BCUT2D eigenvalue weighted by Crippen LogP contribution is -2.32. The second-order valence-corrected chi connectivity index (χ2v) is 6.33. The van der Waals surface area contributed by atoms with Crippen molar-refractivity contribution in [2.24, 2.45) is 0 Å². The van der Waals surface area contributed by atoms with Gasteiger partial charge < -0.3 is 23.5 Å². The molecular formula is C16H16ClN3O5. The normalized spacial score (nSPS) is 21.8. The molecule has 0 bridgehead atoms. The van der Waals surface area contributed by atoms with Crippen molar-refractivity contribution < 1.29 is 23.4 Å². The van der Waals surface area contributed by atoms with E-state index >= 15 is 0 Å². The highest BCUT2D eigenvalue weighted by atomic mass is 35.5. The van der Waals surface area contributed by atoms with Crippen LogP contribution in [0.25, 0.3) is 0 Å². The van der Waals surface area contributed by atoms with Gasteiger partial charge in [0.05, 0.1) is 11.1 Å². The standard InChI is InChI=1S/C16H16ClN3O5/c1-8-18-19-15(25-8)12-5-10(22-2)6-20(12)16(21)9-3-11(17)14-13(4-9)23-7-24-14/h3-4,10,12H,5-7H2,1-2H3/t10-,12-/m1/s1. The van der Waals surface area contributed by atoms with Gasteiger partial charge in [-0.15, -0.1) is 10.2 Å². The molecule has 25 heavy (non-hydrogen) atoms. The Morgan fingerprint density at radius 3 is 2.92 bits per heavy atom. The number of carbonyl (C=O) groups is 1. The van der Waals surface area contributed by atoms with Gasteiger partial charge in [0, 0.05) is 32.6 Å². The quantitative estimate of drug-likeness (QED) is 0.825. The third-order valence-corrected chi connectivity index (χ3v) is 4.64. The molecule has 0 spiro atoms. The van der Waals surface area contributed by atoms with E-state index < -0.39 is 0 Å². The molecule has 0 radical (unpaired) electrons. The first kappa shape index (κ1) is 16.2. The number of aryl methyl sites for hydroxylation is 1. The van der Waals surface area contributed by atoms with Crippen molar-refractivity contribution in [3.8, 4) is 11.5 Å². The number of carbonyl (C=O) groups excluding carboxylic acids is 1. The first-order valence-corrected chi connectivity index (χ1v) is 8.17. The topological polar surface area (TPSA) is 86.9 Å². The van der Waals surface area contributed by atoms with Crippen LogP contribution in [0.4, 0.5) is 0 Å². The largest absolute Gasteiger partial charge is 0.454 e. The molecule has 2 aliphatic rings. The zero-order valence-corrected chi connectivity index (χ0v) is 14.4. The van der Waals surface area contributed by atoms with Crippen LogP contribution in [0.15, 0.2) is 16.5 Å². The van der Waals surface area contributed by atoms with Crippen LogP contribution in [-0.2, 0) is 4.74 Å². The maximum Gasteiger partial charge on any atom is 0.254 e. The van der Waals surface area contributed by atoms with E-state index in [4.69, 9.17) is 30.2 Å². The summed E-state index contributed by atoms with van der Waals surface area (Å²) >= 11 is 6.20. The molecule has 2 aliphatic heterocycles. The van der Waals surface area contributed by atoms with Crippen LogP contribution in [0.2, 0.25) is 5.02 Å². The van der Waals surface area contributed by atoms with Gasteiger partial charge in [-0.05, 0) is 12.1 Å². The highest BCUT2D eigenvalue weighted by molar-refractivity contribution is 6.32. The number of amides is 1. The van der Waals surface area contributed by atoms with Gasteiger partial charge in [-0.3, -0.25) is 4.79 Å². The second kappa shape index (κ2) is 6.20. The highest BCUT2D eigenvalue weighted by Crippen LogP contribution is 2.41. The van der Waals surface area contributed by atoms with Gasteiger partial charge >= 0.3 is 0 Å². The maximum atomic E-state index is 13.1. The highest BCUT2D eigenvalue weighted by Gasteiger charge is 2.40. The van der Waals surface area contributed by atoms with Gasteiger partial charge in [0.15, 0.2) is 11.5 Å². The van der Waals surface area contributed by atoms with E-state index in [1.165, 1.54) is 0 Å². The van der Waals surface area contributed by atoms with Crippen molar-refractivity contribution in [2.75, 3.05) is 20.4 Å². The SMILES string of the molecule is CO[C@@H]1C[C@H](c2nnc(C)o2)N(C(=O)c2cc(Cl)c3c(c2)OCO3)C1. The van der Waals surface area contributed by atoms with Crippen LogP contribution >= 0.6 is 11.6 Å². The lowest BCUT2D eigenvalue weighted by Gasteiger charge is -2.22. The third kappa shape index (κ3) is 2.81. The molecule has 0 saturated carbocycles. The number of hydrogen-bond acceptors (Lipinski definition) is 7. The smallest absolute Gasteiger partial charge is 0.254 e. The number of fused-ring (bicyclic) bond motifs is 1. The fourth-order valence-electron chi connectivity index (χ4n) is 3.13. The van der Waals surface area contributed by atoms with E-state index in [-0.39, 0.29) is 24.8 Å². The van der Waals surface area contributed by atoms with E-state index in [2.05, 4.69) is 10.2 Å². The predicted octanol–water partition coefficient (Wildman–Crippen LogP) is 2.36. The van der Waals surface area contributed by atoms with E-state index in [0.717, 1.165) is 0 Å². The van der Waals surface area contributed by atoms with Crippen LogP contribution in [0.1, 0.15) is 34.6 Å². The van der Waals surface area contributed by atoms with E-state index in [9.17, 15) is 4.79 Å². The molecule has 1 saturated heterocycles. The molecule has 4 rings (SSSR count). The van der Waals surface area contributed by atoms with Gasteiger partial charge in [-0.25, -0.2) is 0 Å². The monoisotopic (exact) mass is 365 g/mol. The Kier molecular flexibility index (Phi) is 4.01. The summed E-state index contributed by atoms with van der Waals surface area (Å²) in [6.45, 7) is 2.22. The van der Waals surface area contributed by atoms with Crippen LogP contribution in [-0.4, -0.2) is 47.6 Å². The lowest BCUT2D eigenvalue weighted by atomic mass is 10.1. The van der Waals surface area contributed by atoms with E-state index in [0.29, 0.717) is 46.8 Å². The van der Waals surface area contributed by atoms with Crippen LogP contribution in [0.5, 0.6) is 11.5 Å². The van der Waals surface area contributed by atoms with Crippen LogP contribution in [0.3, 0.4) is 0 Å². The lowest BCUT2D eigenvalue weighted by molar-refractivity contribution is 0.0673. The summed E-state index contributed by atoms with van der Waals surface area (Å²) in [6, 6.07) is 2.86. The molecule has 3 heterocycles. The number of aromatic nitrogens is 2. The molecule has 2 atom stereocenters. The molecule has 2 aromatic rings. The van der Waals surface area contributed by atoms with E-state index in [1.54, 1.807) is 31.1 Å². The van der Waals surface area contributed by atoms with Crippen LogP contribution < -0.4 is 9.47 Å². The fraction of sp³-hybridized carbons (Fsp3) is 0.438. The number of rotatable bonds is 3. The number of benzene rings is 1. The van der Waals surface area contributed by atoms with Crippen molar-refractivity contribution in [2.45, 2.75) is 25.5 Å². The predicted molar refractivity (Wildman–Crippen MR) is 85.8 cm³/mol. The van der Waals surface area contributed by atoms with Crippen molar-refractivity contribution in [1.82, 2.24) is 15.1 Å². The molecule has 1 fully saturated rings. The Morgan fingerprint density at radius 1 is 1.36 bits per heavy atom. The third-order valence-electron chi connectivity index (χ3n) is 4.36. The first-order chi connectivity index (χ1) is 12.1. The molecule has 1 aromatic heterocycles. The summed E-state index contributed by atoms with van der Waals surface area (Å²) in [4.78, 5) is 14.7. The van der Waals surface area contributed by atoms with Gasteiger partial charge in [0.25, 0.3) is 5.91 Å². The molecule has 1 amide bonds. The average Bonchev–Trinajstić information content (AvgIpc) is 3.32. The summed E-state index contributed by atoms with van der Waals surface area (Å²) in [7, 11) is 1.62. The molecule has 9 heteroatoms. The fourth-order valence-corrected chi connectivity index (χ4v) is 3.40. The van der Waals surface area contributed by atoms with Crippen LogP contribution in [0, 0.1) is 6.92 Å². The van der Waals surface area contributed by atoms with Gasteiger partial charge in [0.2, 0.25) is 18.6 Å². The number of nitrogens with zero attached hydrogens (tertiary/aromatic N) is 3. The van der Waals surface area contributed by atoms with Crippen molar-refractivity contribution in [3.05, 3.63) is 34.5 Å². The number of halogens is 1. The summed E-state index contributed by atoms with van der Waals surface area (Å²) < 4.78 is 21.6. The Labute approximate surface area is 148 Å². The number of ether oxygens (including phenoxy) is 3. The maximum absolute atomic E-state index is 13.1. The Hall–Kier alpha value is -2.32. The average molecular weight is 366 g/mol. The minimum Gasteiger partial charge on any atom is -0.454 e. The molecule has 0 N–H and O–H groups in total. The summed E-state index contributed by atoms with van der Waals surface area (Å²) in [5.74, 6) is 1.56. The first-order valence-electron chi connectivity index (χ1n) is 7.79. The Balaban J connectivity index is 1.66. The van der Waals surface area contributed by atoms with Crippen molar-refractivity contribution in [1.29, 1.82) is 0 Å². The number of methoxy groups -OCH3 is 1. The molecule has 8 nitrogen and oxygen atoms in total. The van der Waals surface area contributed by atoms with Gasteiger partial charge in [-0.1, -0.05) is 11.6 Å². The Bertz CT molecular complexity index is 824. The molecular weight excluding hydrogens is 350 g/mol. The minimum absolute atomic E-state index is 0.0893. The minimum atomic E-state index is -0.345. The van der Waals surface area contributed by atoms with E-state index in [1.807, 2.05) is 0 Å². The zero-order chi connectivity index (χ0) is 17.6. The summed E-state index contributed by atoms with van der Waals surface area (Å²) in [5, 5.41) is 8.26.